The number of halogens is 3. The molecule has 1 saturated heterocycles. The summed E-state index contributed by atoms with van der Waals surface area (Å²) in [5.41, 5.74) is 0. The molecule has 0 unspecified atom stereocenters. The van der Waals surface area contributed by atoms with E-state index >= 15 is 0 Å². The summed E-state index contributed by atoms with van der Waals surface area (Å²) in [6.45, 7) is 6.57. The molecule has 130 valence electrons. The van der Waals surface area contributed by atoms with Gasteiger partial charge in [0.15, 0.2) is 0 Å². The van der Waals surface area contributed by atoms with Gasteiger partial charge in [0.05, 0.1) is 12.1 Å². The highest BCUT2D eigenvalue weighted by atomic mass is 19.4. The van der Waals surface area contributed by atoms with E-state index in [1.807, 2.05) is 17.1 Å². The lowest BCUT2D eigenvalue weighted by Gasteiger charge is -2.43. The maximum absolute atomic E-state index is 12.2. The van der Waals surface area contributed by atoms with Crippen molar-refractivity contribution >= 4 is 5.91 Å². The van der Waals surface area contributed by atoms with E-state index < -0.39 is 30.8 Å². The largest absolute Gasteiger partial charge is 0.405 e. The van der Waals surface area contributed by atoms with E-state index in [9.17, 15) is 23.1 Å². The minimum Gasteiger partial charge on any atom is -0.392 e. The molecule has 2 N–H and O–H groups in total. The number of hydrogen-bond donors (Lipinski definition) is 2. The van der Waals surface area contributed by atoms with Crippen LogP contribution < -0.4 is 5.32 Å². The third-order valence-corrected chi connectivity index (χ3v) is 4.00. The average Bonchev–Trinajstić information content (AvgIpc) is 2.43. The summed E-state index contributed by atoms with van der Waals surface area (Å²) < 4.78 is 36.5. The highest BCUT2D eigenvalue weighted by Crippen LogP contribution is 2.16. The summed E-state index contributed by atoms with van der Waals surface area (Å²) in [4.78, 5) is 15.9. The number of aliphatic hydroxyl groups excluding tert-OH is 1. The van der Waals surface area contributed by atoms with Crippen molar-refractivity contribution in [1.29, 1.82) is 0 Å². The zero-order valence-electron chi connectivity index (χ0n) is 13.4. The number of amides is 1. The number of nitrogens with one attached hydrogen (secondary N) is 1. The zero-order chi connectivity index (χ0) is 16.9. The molecule has 22 heavy (non-hydrogen) atoms. The van der Waals surface area contributed by atoms with E-state index in [0.717, 1.165) is 6.42 Å². The lowest BCUT2D eigenvalue weighted by Crippen LogP contribution is -2.59. The molecule has 1 aliphatic rings. The van der Waals surface area contributed by atoms with Crippen LogP contribution in [0, 0.1) is 0 Å². The van der Waals surface area contributed by atoms with Crippen molar-refractivity contribution < 1.29 is 23.1 Å². The zero-order valence-corrected chi connectivity index (χ0v) is 13.4. The Hall–Kier alpha value is -0.860. The molecule has 0 radical (unpaired) electrons. The third-order valence-electron chi connectivity index (χ3n) is 4.00. The van der Waals surface area contributed by atoms with E-state index in [1.54, 1.807) is 13.8 Å². The first-order valence-electron chi connectivity index (χ1n) is 7.64. The number of aliphatic hydroxyl groups is 1. The third kappa shape index (κ3) is 6.10. The highest BCUT2D eigenvalue weighted by molar-refractivity contribution is 5.81. The number of rotatable bonds is 6. The van der Waals surface area contributed by atoms with E-state index in [1.165, 1.54) is 0 Å². The topological polar surface area (TPSA) is 55.8 Å². The normalized spacial score (nSPS) is 24.0. The molecule has 5 nitrogen and oxygen atoms in total. The van der Waals surface area contributed by atoms with Gasteiger partial charge in [0.2, 0.25) is 5.91 Å². The summed E-state index contributed by atoms with van der Waals surface area (Å²) in [7, 11) is 0. The molecule has 0 aromatic carbocycles. The Morgan fingerprint density at radius 3 is 2.50 bits per heavy atom. The van der Waals surface area contributed by atoms with Gasteiger partial charge in [-0.1, -0.05) is 6.92 Å². The fourth-order valence-electron chi connectivity index (χ4n) is 2.74. The van der Waals surface area contributed by atoms with Crippen LogP contribution in [0.15, 0.2) is 0 Å². The van der Waals surface area contributed by atoms with Crippen LogP contribution in [0.1, 0.15) is 27.2 Å². The van der Waals surface area contributed by atoms with Gasteiger partial charge in [-0.05, 0) is 20.3 Å². The molecule has 0 aromatic heterocycles. The number of alkyl halides is 3. The number of piperazine rings is 1. The smallest absolute Gasteiger partial charge is 0.392 e. The van der Waals surface area contributed by atoms with Crippen molar-refractivity contribution in [3.8, 4) is 0 Å². The van der Waals surface area contributed by atoms with Gasteiger partial charge in [0.25, 0.3) is 0 Å². The Balaban J connectivity index is 2.54. The molecule has 0 aromatic rings. The molecule has 1 amide bonds. The molecule has 1 aliphatic heterocycles. The lowest BCUT2D eigenvalue weighted by atomic mass is 10.1. The van der Waals surface area contributed by atoms with Crippen LogP contribution >= 0.6 is 0 Å². The van der Waals surface area contributed by atoms with Crippen LogP contribution in [-0.2, 0) is 4.79 Å². The van der Waals surface area contributed by atoms with Crippen molar-refractivity contribution in [1.82, 2.24) is 15.1 Å². The minimum absolute atomic E-state index is 0.196. The molecular weight excluding hydrogens is 299 g/mol. The summed E-state index contributed by atoms with van der Waals surface area (Å²) in [6.07, 6.45) is -3.95. The number of carbonyl (C=O) groups excluding carboxylic acids is 1. The lowest BCUT2D eigenvalue weighted by molar-refractivity contribution is -0.142. The molecule has 8 heteroatoms. The quantitative estimate of drug-likeness (QED) is 0.760. The SMILES string of the molecule is CC[C@@H]1CN([C@H](C)C(=O)NCC(F)(F)F)CCN1C[C@H](C)O. The molecule has 0 spiro atoms. The Kier molecular flexibility index (Phi) is 7.08. The van der Waals surface area contributed by atoms with E-state index in [2.05, 4.69) is 4.90 Å². The van der Waals surface area contributed by atoms with Crippen LogP contribution in [-0.4, -0.2) is 77.9 Å². The predicted molar refractivity (Wildman–Crippen MR) is 77.4 cm³/mol. The van der Waals surface area contributed by atoms with Crippen molar-refractivity contribution in [3.05, 3.63) is 0 Å². The van der Waals surface area contributed by atoms with Crippen LogP contribution in [0.3, 0.4) is 0 Å². The molecule has 1 heterocycles. The van der Waals surface area contributed by atoms with Gasteiger partial charge in [-0.2, -0.15) is 13.2 Å². The van der Waals surface area contributed by atoms with Gasteiger partial charge in [0.1, 0.15) is 6.54 Å². The maximum atomic E-state index is 12.2. The van der Waals surface area contributed by atoms with Crippen molar-refractivity contribution in [3.63, 3.8) is 0 Å². The Bertz CT molecular complexity index is 364. The van der Waals surface area contributed by atoms with Gasteiger partial charge >= 0.3 is 6.18 Å². The first kappa shape index (κ1) is 19.2. The molecule has 0 saturated carbocycles. The summed E-state index contributed by atoms with van der Waals surface area (Å²) in [5, 5.41) is 11.4. The van der Waals surface area contributed by atoms with Crippen LogP contribution in [0.2, 0.25) is 0 Å². The van der Waals surface area contributed by atoms with E-state index in [-0.39, 0.29) is 6.04 Å². The second-order valence-electron chi connectivity index (χ2n) is 5.91. The molecule has 0 aliphatic carbocycles. The standard InChI is InChI=1S/C14H26F3N3O2/c1-4-12-8-19(5-6-20(12)7-10(2)21)11(3)13(22)18-9-14(15,16)17/h10-12,21H,4-9H2,1-3H3,(H,18,22)/t10-,11+,12+/m0/s1. The van der Waals surface area contributed by atoms with Crippen LogP contribution in [0.25, 0.3) is 0 Å². The Morgan fingerprint density at radius 2 is 2.00 bits per heavy atom. The predicted octanol–water partition coefficient (Wildman–Crippen LogP) is 0.830. The fraction of sp³-hybridized carbons (Fsp3) is 0.929. The number of hydrogen-bond acceptors (Lipinski definition) is 4. The number of β-amino-alcohol motifs (C(OH)–C–C–N with tert-alkyl or cyclic N) is 1. The highest BCUT2D eigenvalue weighted by Gasteiger charge is 2.33. The van der Waals surface area contributed by atoms with E-state index in [4.69, 9.17) is 0 Å². The van der Waals surface area contributed by atoms with Crippen molar-refractivity contribution in [2.45, 2.75) is 51.6 Å². The first-order chi connectivity index (χ1) is 10.1. The molecule has 1 rings (SSSR count). The number of carbonyl (C=O) groups is 1. The second-order valence-corrected chi connectivity index (χ2v) is 5.91. The summed E-state index contributed by atoms with van der Waals surface area (Å²) in [5.74, 6) is -0.601. The monoisotopic (exact) mass is 325 g/mol. The van der Waals surface area contributed by atoms with Crippen LogP contribution in [0.4, 0.5) is 13.2 Å². The second kappa shape index (κ2) is 8.12. The molecule has 0 bridgehead atoms. The summed E-state index contributed by atoms with van der Waals surface area (Å²) >= 11 is 0. The Morgan fingerprint density at radius 1 is 1.36 bits per heavy atom. The average molecular weight is 325 g/mol. The van der Waals surface area contributed by atoms with Gasteiger partial charge in [0, 0.05) is 32.2 Å². The summed E-state index contributed by atoms with van der Waals surface area (Å²) in [6, 6.07) is -0.397. The molecule has 1 fully saturated rings. The molecular formula is C14H26F3N3O2. The van der Waals surface area contributed by atoms with E-state index in [0.29, 0.717) is 26.2 Å². The fourth-order valence-corrected chi connectivity index (χ4v) is 2.74. The van der Waals surface area contributed by atoms with Gasteiger partial charge in [-0.3, -0.25) is 14.6 Å². The minimum atomic E-state index is -4.39. The first-order valence-corrected chi connectivity index (χ1v) is 7.64. The van der Waals surface area contributed by atoms with Crippen molar-refractivity contribution in [2.75, 3.05) is 32.7 Å². The van der Waals surface area contributed by atoms with Gasteiger partial charge < -0.3 is 10.4 Å². The van der Waals surface area contributed by atoms with Crippen LogP contribution in [0.5, 0.6) is 0 Å². The number of nitrogens with zero attached hydrogens (tertiary/aromatic N) is 2. The molecule has 3 atom stereocenters. The van der Waals surface area contributed by atoms with Gasteiger partial charge in [-0.15, -0.1) is 0 Å². The van der Waals surface area contributed by atoms with Crippen molar-refractivity contribution in [2.24, 2.45) is 0 Å². The maximum Gasteiger partial charge on any atom is 0.405 e. The van der Waals surface area contributed by atoms with Gasteiger partial charge in [-0.25, -0.2) is 0 Å². The Labute approximate surface area is 129 Å².